The Morgan fingerprint density at radius 2 is 2.39 bits per heavy atom. The summed E-state index contributed by atoms with van der Waals surface area (Å²) < 4.78 is 1.87. The first-order valence-electron chi connectivity index (χ1n) is 6.40. The average Bonchev–Trinajstić information content (AvgIpc) is 2.95. The molecule has 0 amide bonds. The van der Waals surface area contributed by atoms with E-state index >= 15 is 0 Å². The molecule has 1 aliphatic rings. The van der Waals surface area contributed by atoms with Crippen molar-refractivity contribution in [3.05, 3.63) is 35.8 Å². The van der Waals surface area contributed by atoms with Crippen molar-refractivity contribution in [2.45, 2.75) is 25.3 Å². The number of likely N-dealkylation sites (tertiary alicyclic amines) is 1. The van der Waals surface area contributed by atoms with E-state index in [-0.39, 0.29) is 0 Å². The van der Waals surface area contributed by atoms with Crippen molar-refractivity contribution in [1.82, 2.24) is 14.3 Å². The van der Waals surface area contributed by atoms with Gasteiger partial charge in [0.15, 0.2) is 6.29 Å². The van der Waals surface area contributed by atoms with E-state index < -0.39 is 0 Å². The molecular weight excluding hydrogens is 226 g/mol. The van der Waals surface area contributed by atoms with Gasteiger partial charge in [-0.3, -0.25) is 9.20 Å². The third-order valence-corrected chi connectivity index (χ3v) is 3.81. The Morgan fingerprint density at radius 1 is 1.50 bits per heavy atom. The third-order valence-electron chi connectivity index (χ3n) is 3.81. The lowest BCUT2D eigenvalue weighted by atomic mass is 10.1. The molecule has 0 saturated carbocycles. The molecular formula is C14H17N3O. The molecule has 18 heavy (non-hydrogen) atoms. The first-order valence-corrected chi connectivity index (χ1v) is 6.40. The Labute approximate surface area is 106 Å². The number of aldehydes is 1. The Bertz CT molecular complexity index is 575. The SMILES string of the molecule is CN1CCCC1Cc1cn2c(C=O)cccc2n1. The van der Waals surface area contributed by atoms with Crippen molar-refractivity contribution in [2.75, 3.05) is 13.6 Å². The zero-order valence-corrected chi connectivity index (χ0v) is 10.5. The fourth-order valence-electron chi connectivity index (χ4n) is 2.76. The number of rotatable bonds is 3. The van der Waals surface area contributed by atoms with Crippen LogP contribution in [0, 0.1) is 0 Å². The summed E-state index contributed by atoms with van der Waals surface area (Å²) >= 11 is 0. The van der Waals surface area contributed by atoms with Gasteiger partial charge in [0, 0.05) is 18.7 Å². The highest BCUT2D eigenvalue weighted by molar-refractivity contribution is 5.73. The number of fused-ring (bicyclic) bond motifs is 1. The van der Waals surface area contributed by atoms with Crippen LogP contribution in [0.3, 0.4) is 0 Å². The van der Waals surface area contributed by atoms with Gasteiger partial charge in [-0.25, -0.2) is 4.98 Å². The number of nitrogens with zero attached hydrogens (tertiary/aromatic N) is 3. The average molecular weight is 243 g/mol. The molecule has 0 radical (unpaired) electrons. The van der Waals surface area contributed by atoms with Crippen LogP contribution in [0.1, 0.15) is 29.0 Å². The lowest BCUT2D eigenvalue weighted by molar-refractivity contribution is 0.111. The minimum Gasteiger partial charge on any atom is -0.303 e. The lowest BCUT2D eigenvalue weighted by Crippen LogP contribution is -2.26. The molecule has 4 nitrogen and oxygen atoms in total. The van der Waals surface area contributed by atoms with Gasteiger partial charge in [-0.2, -0.15) is 0 Å². The first-order chi connectivity index (χ1) is 8.78. The van der Waals surface area contributed by atoms with Crippen LogP contribution in [0.5, 0.6) is 0 Å². The van der Waals surface area contributed by atoms with E-state index in [1.807, 2.05) is 28.8 Å². The van der Waals surface area contributed by atoms with E-state index in [0.717, 1.165) is 24.0 Å². The predicted octanol–water partition coefficient (Wildman–Crippen LogP) is 1.78. The molecule has 2 aromatic rings. The van der Waals surface area contributed by atoms with Crippen molar-refractivity contribution < 1.29 is 4.79 Å². The summed E-state index contributed by atoms with van der Waals surface area (Å²) in [4.78, 5) is 18.0. The molecule has 1 unspecified atom stereocenters. The fraction of sp³-hybridized carbons (Fsp3) is 0.429. The predicted molar refractivity (Wildman–Crippen MR) is 69.9 cm³/mol. The fourth-order valence-corrected chi connectivity index (χ4v) is 2.76. The van der Waals surface area contributed by atoms with E-state index in [4.69, 9.17) is 0 Å². The molecule has 1 atom stereocenters. The molecule has 2 aromatic heterocycles. The maximum Gasteiger partial charge on any atom is 0.166 e. The third kappa shape index (κ3) is 1.93. The highest BCUT2D eigenvalue weighted by atomic mass is 16.1. The van der Waals surface area contributed by atoms with Crippen LogP contribution in [0.25, 0.3) is 5.65 Å². The number of pyridine rings is 1. The molecule has 3 heterocycles. The van der Waals surface area contributed by atoms with Crippen LogP contribution < -0.4 is 0 Å². The zero-order chi connectivity index (χ0) is 12.5. The van der Waals surface area contributed by atoms with E-state index in [1.165, 1.54) is 19.4 Å². The van der Waals surface area contributed by atoms with Crippen molar-refractivity contribution in [1.29, 1.82) is 0 Å². The quantitative estimate of drug-likeness (QED) is 0.771. The van der Waals surface area contributed by atoms with Crippen molar-refractivity contribution in [2.24, 2.45) is 0 Å². The molecule has 94 valence electrons. The minimum atomic E-state index is 0.592. The summed E-state index contributed by atoms with van der Waals surface area (Å²) in [5.74, 6) is 0. The molecule has 0 N–H and O–H groups in total. The molecule has 0 spiro atoms. The number of aromatic nitrogens is 2. The smallest absolute Gasteiger partial charge is 0.166 e. The Hall–Kier alpha value is -1.68. The second kappa shape index (κ2) is 4.53. The summed E-state index contributed by atoms with van der Waals surface area (Å²) in [5, 5.41) is 0. The molecule has 1 aliphatic heterocycles. The standard InChI is InChI=1S/C14H17N3O/c1-16-7-3-5-12(16)8-11-9-17-13(10-18)4-2-6-14(17)15-11/h2,4,6,9-10,12H,3,5,7-8H2,1H3. The Morgan fingerprint density at radius 3 is 3.11 bits per heavy atom. The van der Waals surface area contributed by atoms with Crippen LogP contribution >= 0.6 is 0 Å². The van der Waals surface area contributed by atoms with E-state index in [0.29, 0.717) is 11.7 Å². The number of hydrogen-bond acceptors (Lipinski definition) is 3. The van der Waals surface area contributed by atoms with Gasteiger partial charge in [-0.15, -0.1) is 0 Å². The molecule has 0 bridgehead atoms. The van der Waals surface area contributed by atoms with Crippen molar-refractivity contribution in [3.63, 3.8) is 0 Å². The number of carbonyl (C=O) groups excluding carboxylic acids is 1. The van der Waals surface area contributed by atoms with Gasteiger partial charge >= 0.3 is 0 Å². The molecule has 0 aromatic carbocycles. The van der Waals surface area contributed by atoms with Crippen molar-refractivity contribution >= 4 is 11.9 Å². The summed E-state index contributed by atoms with van der Waals surface area (Å²) in [6, 6.07) is 6.22. The lowest BCUT2D eigenvalue weighted by Gasteiger charge is -2.17. The molecule has 4 heteroatoms. The molecule has 1 fully saturated rings. The minimum absolute atomic E-state index is 0.592. The summed E-state index contributed by atoms with van der Waals surface area (Å²) in [6.07, 6.45) is 6.35. The van der Waals surface area contributed by atoms with Crippen LogP contribution in [-0.4, -0.2) is 40.2 Å². The first kappa shape index (κ1) is 11.4. The maximum atomic E-state index is 11.0. The van der Waals surface area contributed by atoms with Crippen LogP contribution in [0.15, 0.2) is 24.4 Å². The molecule has 1 saturated heterocycles. The summed E-state index contributed by atoms with van der Waals surface area (Å²) in [6.45, 7) is 1.18. The molecule has 0 aliphatic carbocycles. The number of likely N-dealkylation sites (N-methyl/N-ethyl adjacent to an activating group) is 1. The van der Waals surface area contributed by atoms with Crippen LogP contribution in [0.4, 0.5) is 0 Å². The largest absolute Gasteiger partial charge is 0.303 e. The van der Waals surface area contributed by atoms with Gasteiger partial charge in [0.1, 0.15) is 5.65 Å². The second-order valence-corrected chi connectivity index (χ2v) is 5.01. The monoisotopic (exact) mass is 243 g/mol. The van der Waals surface area contributed by atoms with Gasteiger partial charge in [0.2, 0.25) is 0 Å². The van der Waals surface area contributed by atoms with E-state index in [2.05, 4.69) is 16.9 Å². The summed E-state index contributed by atoms with van der Waals surface area (Å²) in [5.41, 5.74) is 2.59. The highest BCUT2D eigenvalue weighted by Gasteiger charge is 2.22. The zero-order valence-electron chi connectivity index (χ0n) is 10.5. The highest BCUT2D eigenvalue weighted by Crippen LogP contribution is 2.19. The number of carbonyl (C=O) groups is 1. The van der Waals surface area contributed by atoms with Gasteiger partial charge in [-0.1, -0.05) is 6.07 Å². The maximum absolute atomic E-state index is 11.0. The molecule has 3 rings (SSSR count). The van der Waals surface area contributed by atoms with E-state index in [1.54, 1.807) is 0 Å². The Kier molecular flexibility index (Phi) is 2.88. The van der Waals surface area contributed by atoms with Crippen LogP contribution in [0.2, 0.25) is 0 Å². The summed E-state index contributed by atoms with van der Waals surface area (Å²) in [7, 11) is 2.17. The normalized spacial score (nSPS) is 20.6. The number of imidazole rings is 1. The Balaban J connectivity index is 1.91. The second-order valence-electron chi connectivity index (χ2n) is 5.01. The topological polar surface area (TPSA) is 37.6 Å². The van der Waals surface area contributed by atoms with Crippen molar-refractivity contribution in [3.8, 4) is 0 Å². The van der Waals surface area contributed by atoms with Crippen LogP contribution in [-0.2, 0) is 6.42 Å². The number of hydrogen-bond donors (Lipinski definition) is 0. The van der Waals surface area contributed by atoms with Gasteiger partial charge in [0.05, 0.1) is 11.4 Å². The van der Waals surface area contributed by atoms with Gasteiger partial charge in [0.25, 0.3) is 0 Å². The van der Waals surface area contributed by atoms with Gasteiger partial charge < -0.3 is 4.90 Å². The van der Waals surface area contributed by atoms with E-state index in [9.17, 15) is 4.79 Å². The van der Waals surface area contributed by atoms with Gasteiger partial charge in [-0.05, 0) is 38.6 Å².